The Hall–Kier alpha value is -2.29. The van der Waals surface area contributed by atoms with Crippen molar-refractivity contribution in [3.63, 3.8) is 0 Å². The second-order valence-electron chi connectivity index (χ2n) is 6.13. The molecule has 0 radical (unpaired) electrons. The van der Waals surface area contributed by atoms with Gasteiger partial charge in [-0.05, 0) is 33.3 Å². The highest BCUT2D eigenvalue weighted by atomic mass is 32.2. The fourth-order valence-corrected chi connectivity index (χ4v) is 2.73. The largest absolute Gasteiger partial charge is 0.444 e. The number of rotatable bonds is 6. The first-order chi connectivity index (χ1) is 11.2. The number of aromatic nitrogens is 2. The summed E-state index contributed by atoms with van der Waals surface area (Å²) in [5.41, 5.74) is 0.855. The fraction of sp³-hybridized carbons (Fsp3) is 0.467. The van der Waals surface area contributed by atoms with Gasteiger partial charge in [-0.15, -0.1) is 0 Å². The smallest absolute Gasteiger partial charge is 0.407 e. The Morgan fingerprint density at radius 3 is 2.88 bits per heavy atom. The molecule has 0 aliphatic heterocycles. The number of aromatic amines is 1. The molecule has 1 aromatic carbocycles. The van der Waals surface area contributed by atoms with Crippen molar-refractivity contribution in [1.29, 1.82) is 0 Å². The zero-order valence-electron chi connectivity index (χ0n) is 13.8. The molecular weight excluding hydrogens is 332 g/mol. The van der Waals surface area contributed by atoms with Crippen LogP contribution in [0.1, 0.15) is 27.2 Å². The van der Waals surface area contributed by atoms with Crippen molar-refractivity contribution >= 4 is 34.6 Å². The Balaban J connectivity index is 1.77. The molecule has 0 atom stereocenters. The number of carbonyl (C=O) groups excluding carboxylic acids is 1. The van der Waals surface area contributed by atoms with Gasteiger partial charge in [0.25, 0.3) is 5.69 Å². The molecule has 1 heterocycles. The number of non-ortho nitro benzene ring substituents is 1. The van der Waals surface area contributed by atoms with Crippen LogP contribution < -0.4 is 5.32 Å². The first-order valence-electron chi connectivity index (χ1n) is 7.48. The number of fused-ring (bicyclic) bond motifs is 1. The number of nitrogens with one attached hydrogen (secondary N) is 2. The van der Waals surface area contributed by atoms with Crippen LogP contribution in [-0.2, 0) is 4.74 Å². The van der Waals surface area contributed by atoms with Gasteiger partial charge in [-0.2, -0.15) is 0 Å². The SMILES string of the molecule is CC(C)(C)OC(=O)NCCCSc1nc2ccc([N+](=O)[O-])cc2[nH]1. The van der Waals surface area contributed by atoms with Gasteiger partial charge in [-0.25, -0.2) is 9.78 Å². The van der Waals surface area contributed by atoms with Crippen LogP contribution in [0.15, 0.2) is 23.4 Å². The van der Waals surface area contributed by atoms with Crippen LogP contribution in [0.5, 0.6) is 0 Å². The maximum absolute atomic E-state index is 11.5. The van der Waals surface area contributed by atoms with Gasteiger partial charge in [0.1, 0.15) is 5.60 Å². The van der Waals surface area contributed by atoms with E-state index in [4.69, 9.17) is 4.74 Å². The lowest BCUT2D eigenvalue weighted by atomic mass is 10.2. The van der Waals surface area contributed by atoms with E-state index in [2.05, 4.69) is 15.3 Å². The number of nitrogens with zero attached hydrogens (tertiary/aromatic N) is 2. The maximum atomic E-state index is 11.5. The highest BCUT2D eigenvalue weighted by molar-refractivity contribution is 7.99. The van der Waals surface area contributed by atoms with Crippen molar-refractivity contribution in [3.8, 4) is 0 Å². The maximum Gasteiger partial charge on any atom is 0.407 e. The van der Waals surface area contributed by atoms with Crippen molar-refractivity contribution in [1.82, 2.24) is 15.3 Å². The summed E-state index contributed by atoms with van der Waals surface area (Å²) in [5.74, 6) is 0.748. The van der Waals surface area contributed by atoms with E-state index in [1.54, 1.807) is 6.07 Å². The summed E-state index contributed by atoms with van der Waals surface area (Å²) in [6, 6.07) is 4.52. The summed E-state index contributed by atoms with van der Waals surface area (Å²) in [6.45, 7) is 5.95. The lowest BCUT2D eigenvalue weighted by molar-refractivity contribution is -0.384. The Kier molecular flexibility index (Phi) is 5.66. The van der Waals surface area contributed by atoms with Crippen LogP contribution in [-0.4, -0.2) is 38.9 Å². The lowest BCUT2D eigenvalue weighted by Crippen LogP contribution is -2.33. The first-order valence-corrected chi connectivity index (χ1v) is 8.47. The van der Waals surface area contributed by atoms with Crippen LogP contribution in [0, 0.1) is 10.1 Å². The van der Waals surface area contributed by atoms with Gasteiger partial charge in [0.15, 0.2) is 5.16 Å². The van der Waals surface area contributed by atoms with Crippen LogP contribution >= 0.6 is 11.8 Å². The molecule has 0 spiro atoms. The van der Waals surface area contributed by atoms with Crippen molar-refractivity contribution in [2.45, 2.75) is 37.9 Å². The quantitative estimate of drug-likeness (QED) is 0.356. The number of carbonyl (C=O) groups is 1. The molecule has 8 nitrogen and oxygen atoms in total. The molecule has 24 heavy (non-hydrogen) atoms. The monoisotopic (exact) mass is 352 g/mol. The minimum absolute atomic E-state index is 0.0317. The zero-order valence-corrected chi connectivity index (χ0v) is 14.6. The molecule has 9 heteroatoms. The minimum atomic E-state index is -0.504. The van der Waals surface area contributed by atoms with E-state index in [0.29, 0.717) is 22.7 Å². The molecule has 0 aliphatic rings. The Bertz CT molecular complexity index is 739. The Labute approximate surface area is 143 Å². The van der Waals surface area contributed by atoms with Crippen LogP contribution in [0.25, 0.3) is 11.0 Å². The van der Waals surface area contributed by atoms with Gasteiger partial charge in [0, 0.05) is 24.4 Å². The third-order valence-electron chi connectivity index (χ3n) is 2.88. The molecule has 1 amide bonds. The molecule has 0 bridgehead atoms. The van der Waals surface area contributed by atoms with Gasteiger partial charge >= 0.3 is 6.09 Å². The molecule has 130 valence electrons. The van der Waals surface area contributed by atoms with Gasteiger partial charge in [0.05, 0.1) is 16.0 Å². The number of nitro groups is 1. The normalized spacial score (nSPS) is 11.5. The van der Waals surface area contributed by atoms with Gasteiger partial charge in [-0.3, -0.25) is 10.1 Å². The molecule has 0 aliphatic carbocycles. The number of alkyl carbamates (subject to hydrolysis) is 1. The number of benzene rings is 1. The predicted molar refractivity (Wildman–Crippen MR) is 92.3 cm³/mol. The summed E-state index contributed by atoms with van der Waals surface area (Å²) >= 11 is 1.50. The summed E-state index contributed by atoms with van der Waals surface area (Å²) in [6.07, 6.45) is 0.324. The summed E-state index contributed by atoms with van der Waals surface area (Å²) in [5, 5.41) is 14.1. The van der Waals surface area contributed by atoms with E-state index in [1.165, 1.54) is 23.9 Å². The van der Waals surface area contributed by atoms with Crippen molar-refractivity contribution in [2.75, 3.05) is 12.3 Å². The van der Waals surface area contributed by atoms with Gasteiger partial charge in [-0.1, -0.05) is 11.8 Å². The van der Waals surface area contributed by atoms with Gasteiger partial charge in [0.2, 0.25) is 0 Å². The zero-order chi connectivity index (χ0) is 17.7. The van der Waals surface area contributed by atoms with Crippen LogP contribution in [0.3, 0.4) is 0 Å². The minimum Gasteiger partial charge on any atom is -0.444 e. The highest BCUT2D eigenvalue weighted by Gasteiger charge is 2.15. The molecule has 2 rings (SSSR count). The molecule has 0 saturated carbocycles. The van der Waals surface area contributed by atoms with Gasteiger partial charge < -0.3 is 15.0 Å². The average molecular weight is 352 g/mol. The third-order valence-corrected chi connectivity index (χ3v) is 3.84. The van der Waals surface area contributed by atoms with E-state index in [9.17, 15) is 14.9 Å². The van der Waals surface area contributed by atoms with E-state index in [1.807, 2.05) is 20.8 Å². The number of imidazole rings is 1. The highest BCUT2D eigenvalue weighted by Crippen LogP contribution is 2.23. The molecule has 1 aromatic heterocycles. The Morgan fingerprint density at radius 2 is 2.21 bits per heavy atom. The van der Waals surface area contributed by atoms with Crippen molar-refractivity contribution in [2.24, 2.45) is 0 Å². The molecule has 2 N–H and O–H groups in total. The van der Waals surface area contributed by atoms with E-state index >= 15 is 0 Å². The number of ether oxygens (including phenoxy) is 1. The third kappa shape index (κ3) is 5.41. The molecule has 2 aromatic rings. The number of hydrogen-bond donors (Lipinski definition) is 2. The van der Waals surface area contributed by atoms with Crippen LogP contribution in [0.2, 0.25) is 0 Å². The Morgan fingerprint density at radius 1 is 1.46 bits per heavy atom. The standard InChI is InChI=1S/C15H20N4O4S/c1-15(2,3)23-14(20)16-7-4-8-24-13-17-11-6-5-10(19(21)22)9-12(11)18-13/h5-6,9H,4,7-8H2,1-3H3,(H,16,20)(H,17,18). The summed E-state index contributed by atoms with van der Waals surface area (Å²) in [7, 11) is 0. The van der Waals surface area contributed by atoms with E-state index in [0.717, 1.165) is 12.2 Å². The topological polar surface area (TPSA) is 110 Å². The summed E-state index contributed by atoms with van der Waals surface area (Å²) in [4.78, 5) is 29.2. The van der Waals surface area contributed by atoms with Crippen LogP contribution in [0.4, 0.5) is 10.5 Å². The number of nitro benzene ring substituents is 1. The molecule has 0 saturated heterocycles. The average Bonchev–Trinajstić information content (AvgIpc) is 2.86. The molecule has 0 unspecified atom stereocenters. The van der Waals surface area contributed by atoms with Crippen molar-refractivity contribution < 1.29 is 14.5 Å². The number of thioether (sulfide) groups is 1. The molecule has 0 fully saturated rings. The number of H-pyrrole nitrogens is 1. The second-order valence-corrected chi connectivity index (χ2v) is 7.21. The van der Waals surface area contributed by atoms with Crippen molar-refractivity contribution in [3.05, 3.63) is 28.3 Å². The molecular formula is C15H20N4O4S. The number of hydrogen-bond acceptors (Lipinski definition) is 6. The predicted octanol–water partition coefficient (Wildman–Crippen LogP) is 3.48. The van der Waals surface area contributed by atoms with E-state index in [-0.39, 0.29) is 5.69 Å². The van der Waals surface area contributed by atoms with E-state index < -0.39 is 16.6 Å². The second kappa shape index (κ2) is 7.52. The lowest BCUT2D eigenvalue weighted by Gasteiger charge is -2.19. The fourth-order valence-electron chi connectivity index (χ4n) is 1.90. The number of amides is 1. The summed E-state index contributed by atoms with van der Waals surface area (Å²) < 4.78 is 5.14. The first kappa shape index (κ1) is 18.1.